The Kier molecular flexibility index (Phi) is 1.50. The van der Waals surface area contributed by atoms with Crippen molar-refractivity contribution in [3.05, 3.63) is 23.8 Å². The summed E-state index contributed by atoms with van der Waals surface area (Å²) in [4.78, 5) is 0. The van der Waals surface area contributed by atoms with Crippen molar-refractivity contribution in [1.82, 2.24) is 0 Å². The molecule has 0 N–H and O–H groups in total. The van der Waals surface area contributed by atoms with Crippen molar-refractivity contribution in [3.8, 4) is 0 Å². The predicted molar refractivity (Wildman–Crippen MR) is 53.5 cm³/mol. The first-order chi connectivity index (χ1) is 7.55. The lowest BCUT2D eigenvalue weighted by Gasteiger charge is -2.32. The standard InChI is InChI=1S/C13H13F3/c14-13(15,16)10-5-8-4-9(10)12-7-2-1-6(3-7)11(8)12/h1-2,5-9,11-12H,3-4H2. The molecule has 4 rings (SSSR count). The molecule has 4 bridgehead atoms. The molecule has 0 saturated heterocycles. The average molecular weight is 226 g/mol. The lowest BCUT2D eigenvalue weighted by atomic mass is 9.73. The van der Waals surface area contributed by atoms with Crippen LogP contribution in [0.15, 0.2) is 23.8 Å². The third kappa shape index (κ3) is 0.933. The summed E-state index contributed by atoms with van der Waals surface area (Å²) in [5.41, 5.74) is -0.209. The molecule has 0 amide bonds. The van der Waals surface area contributed by atoms with E-state index in [-0.39, 0.29) is 17.4 Å². The van der Waals surface area contributed by atoms with Crippen LogP contribution < -0.4 is 0 Å². The molecule has 6 atom stereocenters. The van der Waals surface area contributed by atoms with Gasteiger partial charge in [-0.15, -0.1) is 0 Å². The molecular weight excluding hydrogens is 213 g/mol. The number of halogens is 3. The van der Waals surface area contributed by atoms with Crippen molar-refractivity contribution < 1.29 is 13.2 Å². The summed E-state index contributed by atoms with van der Waals surface area (Å²) in [5.74, 6) is 1.89. The maximum Gasteiger partial charge on any atom is 0.412 e. The van der Waals surface area contributed by atoms with Crippen LogP contribution in [-0.4, -0.2) is 6.18 Å². The normalized spacial score (nSPS) is 52.3. The van der Waals surface area contributed by atoms with Crippen molar-refractivity contribution >= 4 is 0 Å². The van der Waals surface area contributed by atoms with Crippen molar-refractivity contribution in [3.63, 3.8) is 0 Å². The molecule has 0 aromatic heterocycles. The molecule has 4 aliphatic carbocycles. The predicted octanol–water partition coefficient (Wildman–Crippen LogP) is 3.56. The Bertz CT molecular complexity index is 404. The molecular formula is C13H13F3. The van der Waals surface area contributed by atoms with Gasteiger partial charge in [-0.2, -0.15) is 13.2 Å². The fourth-order valence-corrected chi connectivity index (χ4v) is 4.85. The number of fused-ring (bicyclic) bond motifs is 9. The van der Waals surface area contributed by atoms with E-state index in [4.69, 9.17) is 0 Å². The van der Waals surface area contributed by atoms with Crippen molar-refractivity contribution in [1.29, 1.82) is 0 Å². The molecule has 6 unspecified atom stereocenters. The Morgan fingerprint density at radius 1 is 0.938 bits per heavy atom. The second-order valence-electron chi connectivity index (χ2n) is 5.73. The molecule has 86 valence electrons. The van der Waals surface area contributed by atoms with E-state index in [0.717, 1.165) is 12.8 Å². The first kappa shape index (κ1) is 9.32. The van der Waals surface area contributed by atoms with Crippen LogP contribution >= 0.6 is 0 Å². The summed E-state index contributed by atoms with van der Waals surface area (Å²) in [7, 11) is 0. The van der Waals surface area contributed by atoms with Gasteiger partial charge >= 0.3 is 6.18 Å². The van der Waals surface area contributed by atoms with Gasteiger partial charge in [-0.3, -0.25) is 0 Å². The highest BCUT2D eigenvalue weighted by molar-refractivity contribution is 5.33. The van der Waals surface area contributed by atoms with Crippen LogP contribution in [0.25, 0.3) is 0 Å². The molecule has 2 saturated carbocycles. The summed E-state index contributed by atoms with van der Waals surface area (Å²) in [6.07, 6.45) is 3.74. The van der Waals surface area contributed by atoms with E-state index >= 15 is 0 Å². The van der Waals surface area contributed by atoms with Crippen molar-refractivity contribution in [2.75, 3.05) is 0 Å². The van der Waals surface area contributed by atoms with Crippen LogP contribution in [0.5, 0.6) is 0 Å². The number of alkyl halides is 3. The first-order valence-electron chi connectivity index (χ1n) is 6.03. The number of hydrogen-bond acceptors (Lipinski definition) is 0. The Morgan fingerprint density at radius 3 is 2.31 bits per heavy atom. The molecule has 3 heteroatoms. The van der Waals surface area contributed by atoms with Gasteiger partial charge in [-0.25, -0.2) is 0 Å². The summed E-state index contributed by atoms with van der Waals surface area (Å²) in [6.45, 7) is 0. The van der Waals surface area contributed by atoms with E-state index in [9.17, 15) is 13.2 Å². The number of allylic oxidation sites excluding steroid dienone is 4. The summed E-state index contributed by atoms with van der Waals surface area (Å²) in [5, 5.41) is 0. The highest BCUT2D eigenvalue weighted by atomic mass is 19.4. The zero-order valence-corrected chi connectivity index (χ0v) is 8.74. The van der Waals surface area contributed by atoms with Gasteiger partial charge in [-0.05, 0) is 48.3 Å². The van der Waals surface area contributed by atoms with Crippen LogP contribution in [-0.2, 0) is 0 Å². The molecule has 0 spiro atoms. The minimum Gasteiger partial charge on any atom is -0.166 e. The van der Waals surface area contributed by atoms with Crippen molar-refractivity contribution in [2.45, 2.75) is 19.0 Å². The molecule has 0 aromatic carbocycles. The summed E-state index contributed by atoms with van der Waals surface area (Å²) >= 11 is 0. The lowest BCUT2D eigenvalue weighted by molar-refractivity contribution is -0.101. The van der Waals surface area contributed by atoms with Crippen LogP contribution in [0.3, 0.4) is 0 Å². The zero-order chi connectivity index (χ0) is 11.1. The maximum absolute atomic E-state index is 12.8. The Balaban J connectivity index is 1.75. The number of hydrogen-bond donors (Lipinski definition) is 0. The monoisotopic (exact) mass is 226 g/mol. The second kappa shape index (κ2) is 2.57. The van der Waals surface area contributed by atoms with Crippen molar-refractivity contribution in [2.24, 2.45) is 35.5 Å². The Labute approximate surface area is 92.2 Å². The highest BCUT2D eigenvalue weighted by Crippen LogP contribution is 2.66. The van der Waals surface area contributed by atoms with Gasteiger partial charge in [0.05, 0.1) is 0 Å². The van der Waals surface area contributed by atoms with Gasteiger partial charge in [0.25, 0.3) is 0 Å². The van der Waals surface area contributed by atoms with Crippen LogP contribution in [0.4, 0.5) is 13.2 Å². The molecule has 0 aliphatic heterocycles. The molecule has 2 fully saturated rings. The quantitative estimate of drug-likeness (QED) is 0.437. The van der Waals surface area contributed by atoms with E-state index in [1.807, 2.05) is 0 Å². The van der Waals surface area contributed by atoms with Gasteiger partial charge in [-0.1, -0.05) is 18.2 Å². The highest BCUT2D eigenvalue weighted by Gasteiger charge is 2.61. The summed E-state index contributed by atoms with van der Waals surface area (Å²) in [6, 6.07) is 0. The molecule has 0 nitrogen and oxygen atoms in total. The third-order valence-corrected chi connectivity index (χ3v) is 5.19. The van der Waals surface area contributed by atoms with E-state index in [1.165, 1.54) is 0 Å². The molecule has 0 radical (unpaired) electrons. The minimum absolute atomic E-state index is 0.185. The van der Waals surface area contributed by atoms with Gasteiger partial charge in [0, 0.05) is 5.57 Å². The van der Waals surface area contributed by atoms with Crippen LogP contribution in [0, 0.1) is 35.5 Å². The topological polar surface area (TPSA) is 0 Å². The van der Waals surface area contributed by atoms with E-state index in [1.54, 1.807) is 6.08 Å². The van der Waals surface area contributed by atoms with Gasteiger partial charge in [0.2, 0.25) is 0 Å². The fourth-order valence-electron chi connectivity index (χ4n) is 4.85. The second-order valence-corrected chi connectivity index (χ2v) is 5.73. The SMILES string of the molecule is FC(F)(F)C1=CC2CC1C1C3C=CC(C3)C21. The van der Waals surface area contributed by atoms with E-state index in [0.29, 0.717) is 23.7 Å². The smallest absolute Gasteiger partial charge is 0.166 e. The van der Waals surface area contributed by atoms with E-state index < -0.39 is 6.18 Å². The summed E-state index contributed by atoms with van der Waals surface area (Å²) < 4.78 is 38.5. The zero-order valence-electron chi connectivity index (χ0n) is 8.74. The van der Waals surface area contributed by atoms with Gasteiger partial charge in [0.15, 0.2) is 0 Å². The molecule has 4 aliphatic rings. The fraction of sp³-hybridized carbons (Fsp3) is 0.692. The lowest BCUT2D eigenvalue weighted by Crippen LogP contribution is -2.30. The third-order valence-electron chi connectivity index (χ3n) is 5.19. The van der Waals surface area contributed by atoms with E-state index in [2.05, 4.69) is 12.2 Å². The number of rotatable bonds is 0. The van der Waals surface area contributed by atoms with Crippen LogP contribution in [0.2, 0.25) is 0 Å². The largest absolute Gasteiger partial charge is 0.412 e. The molecule has 0 aromatic rings. The Morgan fingerprint density at radius 2 is 1.62 bits per heavy atom. The minimum atomic E-state index is -4.09. The molecule has 16 heavy (non-hydrogen) atoms. The molecule has 0 heterocycles. The Hall–Kier alpha value is -0.730. The maximum atomic E-state index is 12.8. The average Bonchev–Trinajstić information content (AvgIpc) is 2.94. The van der Waals surface area contributed by atoms with Gasteiger partial charge < -0.3 is 0 Å². The van der Waals surface area contributed by atoms with Gasteiger partial charge in [0.1, 0.15) is 0 Å². The first-order valence-corrected chi connectivity index (χ1v) is 6.03. The van der Waals surface area contributed by atoms with Crippen LogP contribution in [0.1, 0.15) is 12.8 Å².